The van der Waals surface area contributed by atoms with Gasteiger partial charge in [-0.15, -0.1) is 0 Å². The predicted octanol–water partition coefficient (Wildman–Crippen LogP) is 2.12. The maximum Gasteiger partial charge on any atom is 0.273 e. The Bertz CT molecular complexity index is 920. The molecule has 1 aromatic heterocycles. The molecule has 2 aromatic rings. The number of non-ortho nitro benzene ring substituents is 1. The molecule has 1 N–H and O–H groups in total. The van der Waals surface area contributed by atoms with Crippen molar-refractivity contribution in [1.82, 2.24) is 14.9 Å². The molecule has 26 heavy (non-hydrogen) atoms. The number of H-pyrrole nitrogens is 1. The molecule has 2 aliphatic rings. The third-order valence-corrected chi connectivity index (χ3v) is 5.01. The highest BCUT2D eigenvalue weighted by molar-refractivity contribution is 5.44. The van der Waals surface area contributed by atoms with Crippen LogP contribution in [0.3, 0.4) is 0 Å². The molecule has 1 aliphatic heterocycles. The molecule has 1 aliphatic carbocycles. The Balaban J connectivity index is 1.56. The van der Waals surface area contributed by atoms with E-state index in [2.05, 4.69) is 9.88 Å². The first-order chi connectivity index (χ1) is 12.5. The first kappa shape index (κ1) is 16.7. The van der Waals surface area contributed by atoms with E-state index >= 15 is 0 Å². The quantitative estimate of drug-likeness (QED) is 0.650. The summed E-state index contributed by atoms with van der Waals surface area (Å²) >= 11 is 0. The number of nitrogens with zero attached hydrogens (tertiary/aromatic N) is 3. The Morgan fingerprint density at radius 2 is 2.23 bits per heavy atom. The van der Waals surface area contributed by atoms with Gasteiger partial charge in [0.15, 0.2) is 0 Å². The van der Waals surface area contributed by atoms with Gasteiger partial charge in [0.1, 0.15) is 11.6 Å². The van der Waals surface area contributed by atoms with Gasteiger partial charge in [-0.3, -0.25) is 19.8 Å². The van der Waals surface area contributed by atoms with Crippen molar-refractivity contribution in [3.63, 3.8) is 0 Å². The topological polar surface area (TPSA) is 101 Å². The monoisotopic (exact) mass is 356 g/mol. The summed E-state index contributed by atoms with van der Waals surface area (Å²) in [6.07, 6.45) is 2.83. The minimum Gasteiger partial charge on any atom is -0.496 e. The Labute approximate surface area is 150 Å². The van der Waals surface area contributed by atoms with Gasteiger partial charge in [0, 0.05) is 42.7 Å². The van der Waals surface area contributed by atoms with Crippen molar-refractivity contribution in [1.29, 1.82) is 0 Å². The lowest BCUT2D eigenvalue weighted by Gasteiger charge is -2.28. The van der Waals surface area contributed by atoms with Gasteiger partial charge in [-0.25, -0.2) is 4.98 Å². The lowest BCUT2D eigenvalue weighted by molar-refractivity contribution is -0.384. The SMILES string of the molecule is COc1cc([N+](=O)[O-])ccc1CN1CCc2c(nc(C3CC3)[nH]c2=O)C1. The molecule has 0 radical (unpaired) electrons. The molecule has 0 bridgehead atoms. The fraction of sp³-hybridized carbons (Fsp3) is 0.444. The van der Waals surface area contributed by atoms with Crippen LogP contribution in [-0.4, -0.2) is 33.4 Å². The largest absolute Gasteiger partial charge is 0.496 e. The predicted molar refractivity (Wildman–Crippen MR) is 94.3 cm³/mol. The molecule has 8 nitrogen and oxygen atoms in total. The molecule has 2 heterocycles. The van der Waals surface area contributed by atoms with Crippen molar-refractivity contribution in [2.45, 2.75) is 38.3 Å². The van der Waals surface area contributed by atoms with Crippen molar-refractivity contribution >= 4 is 5.69 Å². The van der Waals surface area contributed by atoms with Crippen molar-refractivity contribution in [3.05, 3.63) is 61.3 Å². The van der Waals surface area contributed by atoms with E-state index < -0.39 is 4.92 Å². The molecule has 1 fully saturated rings. The summed E-state index contributed by atoms with van der Waals surface area (Å²) in [5.74, 6) is 1.71. The number of nitrogens with one attached hydrogen (secondary N) is 1. The summed E-state index contributed by atoms with van der Waals surface area (Å²) < 4.78 is 5.32. The summed E-state index contributed by atoms with van der Waals surface area (Å²) in [5, 5.41) is 10.9. The summed E-state index contributed by atoms with van der Waals surface area (Å²) in [4.78, 5) is 32.6. The molecule has 1 aromatic carbocycles. The van der Waals surface area contributed by atoms with Crippen LogP contribution < -0.4 is 10.3 Å². The van der Waals surface area contributed by atoms with Crippen molar-refractivity contribution in [2.75, 3.05) is 13.7 Å². The molecule has 4 rings (SSSR count). The van der Waals surface area contributed by atoms with Crippen molar-refractivity contribution < 1.29 is 9.66 Å². The first-order valence-corrected chi connectivity index (χ1v) is 8.71. The zero-order chi connectivity index (χ0) is 18.3. The number of aromatic nitrogens is 2. The van der Waals surface area contributed by atoms with E-state index in [0.29, 0.717) is 31.2 Å². The molecular weight excluding hydrogens is 336 g/mol. The van der Waals surface area contributed by atoms with Gasteiger partial charge in [0.05, 0.1) is 23.8 Å². The summed E-state index contributed by atoms with van der Waals surface area (Å²) in [6, 6.07) is 4.67. The molecule has 0 unspecified atom stereocenters. The molecular formula is C18H20N4O4. The van der Waals surface area contributed by atoms with E-state index in [-0.39, 0.29) is 11.2 Å². The van der Waals surface area contributed by atoms with Crippen LogP contribution in [0.5, 0.6) is 5.75 Å². The van der Waals surface area contributed by atoms with E-state index in [1.54, 1.807) is 6.07 Å². The summed E-state index contributed by atoms with van der Waals surface area (Å²) in [7, 11) is 1.51. The zero-order valence-corrected chi connectivity index (χ0v) is 14.5. The molecule has 0 spiro atoms. The Morgan fingerprint density at radius 3 is 2.92 bits per heavy atom. The van der Waals surface area contributed by atoms with Gasteiger partial charge in [-0.1, -0.05) is 0 Å². The smallest absolute Gasteiger partial charge is 0.273 e. The number of rotatable bonds is 5. The van der Waals surface area contributed by atoms with Crippen LogP contribution >= 0.6 is 0 Å². The Hall–Kier alpha value is -2.74. The highest BCUT2D eigenvalue weighted by Crippen LogP contribution is 2.38. The van der Waals surface area contributed by atoms with Gasteiger partial charge < -0.3 is 9.72 Å². The maximum atomic E-state index is 12.3. The average molecular weight is 356 g/mol. The normalized spacial score (nSPS) is 17.0. The second-order valence-corrected chi connectivity index (χ2v) is 6.86. The fourth-order valence-electron chi connectivity index (χ4n) is 3.42. The van der Waals surface area contributed by atoms with Crippen molar-refractivity contribution in [3.8, 4) is 5.75 Å². The highest BCUT2D eigenvalue weighted by atomic mass is 16.6. The number of hydrogen-bond donors (Lipinski definition) is 1. The fourth-order valence-corrected chi connectivity index (χ4v) is 3.42. The number of ether oxygens (including phenoxy) is 1. The van der Waals surface area contributed by atoms with E-state index in [1.165, 1.54) is 19.2 Å². The Morgan fingerprint density at radius 1 is 1.42 bits per heavy atom. The lowest BCUT2D eigenvalue weighted by atomic mass is 10.0. The Kier molecular flexibility index (Phi) is 4.20. The van der Waals surface area contributed by atoms with Gasteiger partial charge in [-0.05, 0) is 25.3 Å². The van der Waals surface area contributed by atoms with Crippen molar-refractivity contribution in [2.24, 2.45) is 0 Å². The standard InChI is InChI=1S/C18H20N4O4/c1-26-16-8-13(22(24)25)5-4-12(16)9-21-7-6-14-15(10-21)19-17(11-2-3-11)20-18(14)23/h4-5,8,11H,2-3,6-7,9-10H2,1H3,(H,19,20,23). The van der Waals surface area contributed by atoms with Crippen LogP contribution in [-0.2, 0) is 19.5 Å². The van der Waals surface area contributed by atoms with E-state index in [4.69, 9.17) is 9.72 Å². The van der Waals surface area contributed by atoms with Crippen LogP contribution in [0.25, 0.3) is 0 Å². The second kappa shape index (κ2) is 6.53. The molecule has 0 amide bonds. The zero-order valence-electron chi connectivity index (χ0n) is 14.5. The second-order valence-electron chi connectivity index (χ2n) is 6.86. The van der Waals surface area contributed by atoms with Gasteiger partial charge in [-0.2, -0.15) is 0 Å². The average Bonchev–Trinajstić information content (AvgIpc) is 3.46. The highest BCUT2D eigenvalue weighted by Gasteiger charge is 2.29. The number of benzene rings is 1. The van der Waals surface area contributed by atoms with E-state index in [0.717, 1.165) is 42.0 Å². The summed E-state index contributed by atoms with van der Waals surface area (Å²) in [5.41, 5.74) is 2.51. The molecule has 0 atom stereocenters. The van der Waals surface area contributed by atoms with Gasteiger partial charge >= 0.3 is 0 Å². The summed E-state index contributed by atoms with van der Waals surface area (Å²) in [6.45, 7) is 1.92. The third kappa shape index (κ3) is 3.20. The lowest BCUT2D eigenvalue weighted by Crippen LogP contribution is -2.35. The molecule has 1 saturated carbocycles. The van der Waals surface area contributed by atoms with Crippen LogP contribution in [0, 0.1) is 10.1 Å². The maximum absolute atomic E-state index is 12.3. The van der Waals surface area contributed by atoms with Crippen LogP contribution in [0.1, 0.15) is 41.4 Å². The third-order valence-electron chi connectivity index (χ3n) is 5.01. The van der Waals surface area contributed by atoms with E-state index in [9.17, 15) is 14.9 Å². The number of nitro groups is 1. The van der Waals surface area contributed by atoms with Crippen LogP contribution in [0.4, 0.5) is 5.69 Å². The minimum atomic E-state index is -0.432. The molecule has 0 saturated heterocycles. The van der Waals surface area contributed by atoms with Crippen LogP contribution in [0.2, 0.25) is 0 Å². The van der Waals surface area contributed by atoms with Gasteiger partial charge in [0.25, 0.3) is 11.2 Å². The number of hydrogen-bond acceptors (Lipinski definition) is 6. The minimum absolute atomic E-state index is 0.00975. The first-order valence-electron chi connectivity index (χ1n) is 8.71. The van der Waals surface area contributed by atoms with Gasteiger partial charge in [0.2, 0.25) is 0 Å². The number of nitro benzene ring substituents is 1. The van der Waals surface area contributed by atoms with E-state index in [1.807, 2.05) is 0 Å². The van der Waals surface area contributed by atoms with Crippen LogP contribution in [0.15, 0.2) is 23.0 Å². The number of fused-ring (bicyclic) bond motifs is 1. The number of methoxy groups -OCH3 is 1. The molecule has 136 valence electrons. The molecule has 8 heteroatoms. The number of aromatic amines is 1.